The number of benzene rings is 1. The van der Waals surface area contributed by atoms with Gasteiger partial charge in [0.15, 0.2) is 0 Å². The van der Waals surface area contributed by atoms with Gasteiger partial charge in [-0.2, -0.15) is 0 Å². The van der Waals surface area contributed by atoms with Gasteiger partial charge < -0.3 is 9.64 Å². The Labute approximate surface area is 198 Å². The van der Waals surface area contributed by atoms with E-state index in [1.807, 2.05) is 17.0 Å². The van der Waals surface area contributed by atoms with Gasteiger partial charge in [-0.3, -0.25) is 24.3 Å². The highest BCUT2D eigenvalue weighted by Crippen LogP contribution is 2.43. The van der Waals surface area contributed by atoms with Crippen molar-refractivity contribution in [3.05, 3.63) is 64.9 Å². The fourth-order valence-corrected chi connectivity index (χ4v) is 5.29. The number of aromatic nitrogens is 1. The van der Waals surface area contributed by atoms with Gasteiger partial charge in [-0.25, -0.2) is 0 Å². The molecule has 0 unspecified atom stereocenters. The maximum absolute atomic E-state index is 13.6. The second-order valence-electron chi connectivity index (χ2n) is 8.69. The van der Waals surface area contributed by atoms with Gasteiger partial charge in [0.05, 0.1) is 18.6 Å². The number of methoxy groups -OCH3 is 1. The molecule has 4 rings (SSSR count). The number of likely N-dealkylation sites (tertiary alicyclic amines) is 2. The van der Waals surface area contributed by atoms with Crippen molar-refractivity contribution in [2.45, 2.75) is 37.0 Å². The molecule has 2 aliphatic heterocycles. The van der Waals surface area contributed by atoms with E-state index < -0.39 is 5.41 Å². The first kappa shape index (κ1) is 23.4. The summed E-state index contributed by atoms with van der Waals surface area (Å²) in [4.78, 5) is 46.9. The monoisotopic (exact) mass is 469 g/mol. The predicted octanol–water partition coefficient (Wildman–Crippen LogP) is 3.17. The van der Waals surface area contributed by atoms with Crippen molar-refractivity contribution in [2.75, 3.05) is 33.4 Å². The Kier molecular flexibility index (Phi) is 7.10. The van der Waals surface area contributed by atoms with E-state index in [-0.39, 0.29) is 43.7 Å². The Morgan fingerprint density at radius 1 is 1.15 bits per heavy atom. The predicted molar refractivity (Wildman–Crippen MR) is 124 cm³/mol. The number of carbonyl (C=O) groups is 3. The number of nitrogens with zero attached hydrogens (tertiary/aromatic N) is 3. The van der Waals surface area contributed by atoms with Crippen molar-refractivity contribution in [1.82, 2.24) is 14.8 Å². The fourth-order valence-electron chi connectivity index (χ4n) is 4.97. The summed E-state index contributed by atoms with van der Waals surface area (Å²) in [7, 11) is 1.52. The van der Waals surface area contributed by atoms with E-state index in [1.54, 1.807) is 36.7 Å². The lowest BCUT2D eigenvalue weighted by Crippen LogP contribution is -2.45. The third-order valence-electron chi connectivity index (χ3n) is 6.80. The Morgan fingerprint density at radius 3 is 2.52 bits per heavy atom. The summed E-state index contributed by atoms with van der Waals surface area (Å²) >= 11 is 6.48. The quantitative estimate of drug-likeness (QED) is 0.582. The molecule has 174 valence electrons. The molecule has 2 saturated heterocycles. The molecule has 0 N–H and O–H groups in total. The fraction of sp³-hybridized carbons (Fsp3) is 0.440. The highest BCUT2D eigenvalue weighted by molar-refractivity contribution is 6.32. The normalized spacial score (nSPS) is 21.6. The topological polar surface area (TPSA) is 79.8 Å². The minimum absolute atomic E-state index is 0.0709. The molecule has 33 heavy (non-hydrogen) atoms. The van der Waals surface area contributed by atoms with Crippen LogP contribution in [0.15, 0.2) is 48.8 Å². The van der Waals surface area contributed by atoms with E-state index in [0.29, 0.717) is 29.6 Å². The number of ether oxygens (including phenoxy) is 1. The Bertz CT molecular complexity index is 1020. The van der Waals surface area contributed by atoms with Gasteiger partial charge >= 0.3 is 0 Å². The standard InChI is InChI=1S/C25H28ClN3O4/c1-33-15-14-29-23(31)17-25(24(29)32,20-4-2-3-5-21(20)26)16-22(30)28-12-8-19(9-13-28)18-6-10-27-11-7-18/h2-7,10-11,19H,8-9,12-17H2,1H3/t25-/m1/s1. The van der Waals surface area contributed by atoms with Crippen LogP contribution in [0.2, 0.25) is 5.02 Å². The Balaban J connectivity index is 1.54. The average molecular weight is 470 g/mol. The van der Waals surface area contributed by atoms with E-state index in [0.717, 1.165) is 12.8 Å². The van der Waals surface area contributed by atoms with E-state index in [9.17, 15) is 14.4 Å². The number of rotatable bonds is 7. The maximum atomic E-state index is 13.6. The number of pyridine rings is 1. The molecule has 1 aromatic heterocycles. The average Bonchev–Trinajstić information content (AvgIpc) is 3.07. The second kappa shape index (κ2) is 10.0. The second-order valence-corrected chi connectivity index (χ2v) is 9.10. The summed E-state index contributed by atoms with van der Waals surface area (Å²) < 4.78 is 5.07. The zero-order valence-electron chi connectivity index (χ0n) is 18.7. The van der Waals surface area contributed by atoms with E-state index in [4.69, 9.17) is 16.3 Å². The number of hydrogen-bond acceptors (Lipinski definition) is 5. The summed E-state index contributed by atoms with van der Waals surface area (Å²) in [6.07, 6.45) is 5.13. The van der Waals surface area contributed by atoms with Crippen LogP contribution in [0.4, 0.5) is 0 Å². The van der Waals surface area contributed by atoms with Crippen LogP contribution in [0.1, 0.15) is 42.7 Å². The van der Waals surface area contributed by atoms with E-state index in [1.165, 1.54) is 17.6 Å². The smallest absolute Gasteiger partial charge is 0.241 e. The van der Waals surface area contributed by atoms with Crippen LogP contribution < -0.4 is 0 Å². The van der Waals surface area contributed by atoms with Crippen molar-refractivity contribution in [1.29, 1.82) is 0 Å². The summed E-state index contributed by atoms with van der Waals surface area (Å²) in [5, 5.41) is 0.386. The first-order valence-corrected chi connectivity index (χ1v) is 11.6. The molecule has 0 bridgehead atoms. The van der Waals surface area contributed by atoms with Crippen LogP contribution in [0.5, 0.6) is 0 Å². The van der Waals surface area contributed by atoms with Gasteiger partial charge in [-0.15, -0.1) is 0 Å². The molecule has 0 saturated carbocycles. The van der Waals surface area contributed by atoms with Crippen molar-refractivity contribution in [3.63, 3.8) is 0 Å². The molecule has 0 spiro atoms. The molecule has 7 nitrogen and oxygen atoms in total. The van der Waals surface area contributed by atoms with Crippen LogP contribution in [0, 0.1) is 0 Å². The molecule has 1 aromatic carbocycles. The lowest BCUT2D eigenvalue weighted by Gasteiger charge is -2.35. The van der Waals surface area contributed by atoms with Crippen LogP contribution in [-0.4, -0.2) is 65.9 Å². The van der Waals surface area contributed by atoms with Gasteiger partial charge in [0, 0.05) is 50.5 Å². The number of imide groups is 1. The largest absolute Gasteiger partial charge is 0.383 e. The Morgan fingerprint density at radius 2 is 1.85 bits per heavy atom. The first-order valence-electron chi connectivity index (χ1n) is 11.2. The van der Waals surface area contributed by atoms with Crippen molar-refractivity contribution >= 4 is 29.3 Å². The van der Waals surface area contributed by atoms with Crippen molar-refractivity contribution in [3.8, 4) is 0 Å². The third-order valence-corrected chi connectivity index (χ3v) is 7.12. The minimum atomic E-state index is -1.29. The number of hydrogen-bond donors (Lipinski definition) is 0. The molecule has 8 heteroatoms. The molecule has 0 aliphatic carbocycles. The van der Waals surface area contributed by atoms with Gasteiger partial charge in [-0.1, -0.05) is 29.8 Å². The molecule has 1 atom stereocenters. The number of amides is 3. The van der Waals surface area contributed by atoms with Gasteiger partial charge in [0.2, 0.25) is 17.7 Å². The minimum Gasteiger partial charge on any atom is -0.383 e. The zero-order chi connectivity index (χ0) is 23.4. The molecule has 2 aromatic rings. The van der Waals surface area contributed by atoms with Crippen LogP contribution in [0.25, 0.3) is 0 Å². The zero-order valence-corrected chi connectivity index (χ0v) is 19.5. The number of carbonyl (C=O) groups excluding carboxylic acids is 3. The summed E-state index contributed by atoms with van der Waals surface area (Å²) in [6.45, 7) is 1.62. The van der Waals surface area contributed by atoms with Gasteiger partial charge in [-0.05, 0) is 48.1 Å². The highest BCUT2D eigenvalue weighted by Gasteiger charge is 2.54. The van der Waals surface area contributed by atoms with Crippen molar-refractivity contribution in [2.24, 2.45) is 0 Å². The van der Waals surface area contributed by atoms with E-state index >= 15 is 0 Å². The lowest BCUT2D eigenvalue weighted by molar-refractivity contribution is -0.143. The molecule has 2 aliphatic rings. The van der Waals surface area contributed by atoms with Crippen LogP contribution in [-0.2, 0) is 24.5 Å². The summed E-state index contributed by atoms with van der Waals surface area (Å²) in [5.41, 5.74) is 0.474. The van der Waals surface area contributed by atoms with E-state index in [2.05, 4.69) is 4.98 Å². The van der Waals surface area contributed by atoms with Gasteiger partial charge in [0.1, 0.15) is 0 Å². The molecule has 2 fully saturated rings. The molecule has 3 amide bonds. The summed E-state index contributed by atoms with van der Waals surface area (Å²) in [5.74, 6) is -0.425. The molecular weight excluding hydrogens is 442 g/mol. The number of piperidine rings is 1. The Hall–Kier alpha value is -2.77. The maximum Gasteiger partial charge on any atom is 0.241 e. The summed E-state index contributed by atoms with van der Waals surface area (Å²) in [6, 6.07) is 11.0. The van der Waals surface area contributed by atoms with Gasteiger partial charge in [0.25, 0.3) is 0 Å². The highest BCUT2D eigenvalue weighted by atomic mass is 35.5. The molecule has 0 radical (unpaired) electrons. The van der Waals surface area contributed by atoms with Crippen LogP contribution in [0.3, 0.4) is 0 Å². The lowest BCUT2D eigenvalue weighted by atomic mass is 9.75. The van der Waals surface area contributed by atoms with Crippen molar-refractivity contribution < 1.29 is 19.1 Å². The SMILES string of the molecule is COCCN1C(=O)C[C@](CC(=O)N2CCC(c3ccncc3)CC2)(c2ccccc2Cl)C1=O. The molecule has 3 heterocycles. The third kappa shape index (κ3) is 4.66. The molecular formula is C25H28ClN3O4. The first-order chi connectivity index (χ1) is 16.0. The van der Waals surface area contributed by atoms with Crippen LogP contribution >= 0.6 is 11.6 Å². The number of halogens is 1.